The van der Waals surface area contributed by atoms with Gasteiger partial charge in [-0.25, -0.2) is 0 Å². The highest BCUT2D eigenvalue weighted by Crippen LogP contribution is 2.03. The fourth-order valence-electron chi connectivity index (χ4n) is 1.22. The third-order valence-corrected chi connectivity index (χ3v) is 2.04. The van der Waals surface area contributed by atoms with E-state index in [1.54, 1.807) is 0 Å². The van der Waals surface area contributed by atoms with Crippen LogP contribution < -0.4 is 17.2 Å². The lowest BCUT2D eigenvalue weighted by molar-refractivity contribution is 0.961. The molecule has 0 aliphatic rings. The maximum Gasteiger partial charge on any atom is 0.218 e. The van der Waals surface area contributed by atoms with Gasteiger partial charge < -0.3 is 17.2 Å². The van der Waals surface area contributed by atoms with Crippen molar-refractivity contribution in [3.63, 3.8) is 0 Å². The van der Waals surface area contributed by atoms with Gasteiger partial charge in [-0.2, -0.15) is 4.99 Å². The van der Waals surface area contributed by atoms with Gasteiger partial charge in [0.15, 0.2) is 5.96 Å². The molecule has 100 valence electrons. The molecular formula is C13H23N5. The third kappa shape index (κ3) is 7.27. The van der Waals surface area contributed by atoms with Gasteiger partial charge in [0.05, 0.1) is 0 Å². The fraction of sp³-hybridized carbons (Fsp3) is 0.385. The van der Waals surface area contributed by atoms with Gasteiger partial charge >= 0.3 is 0 Å². The van der Waals surface area contributed by atoms with E-state index in [4.69, 9.17) is 17.2 Å². The molecule has 1 aromatic rings. The molecule has 0 radical (unpaired) electrons. The van der Waals surface area contributed by atoms with Gasteiger partial charge in [0.2, 0.25) is 5.96 Å². The largest absolute Gasteiger partial charge is 0.370 e. The van der Waals surface area contributed by atoms with E-state index in [9.17, 15) is 0 Å². The lowest BCUT2D eigenvalue weighted by Crippen LogP contribution is -2.26. The zero-order valence-electron chi connectivity index (χ0n) is 11.4. The standard InChI is InChI=1S/C11H17N5.C2H6/c1-8-2-4-9(5-3-8)6-7-15-11(14)16-10(12)13;1-2/h2-5H,6-7H2,1H3,(H6,12,13,14,15,16);1-2H3. The highest BCUT2D eigenvalue weighted by molar-refractivity contribution is 5.92. The number of benzene rings is 1. The molecule has 0 aliphatic heterocycles. The van der Waals surface area contributed by atoms with E-state index in [-0.39, 0.29) is 11.9 Å². The van der Waals surface area contributed by atoms with Gasteiger partial charge in [0.25, 0.3) is 0 Å². The zero-order chi connectivity index (χ0) is 14.0. The van der Waals surface area contributed by atoms with Crippen molar-refractivity contribution in [2.24, 2.45) is 27.2 Å². The van der Waals surface area contributed by atoms with Crippen LogP contribution in [-0.4, -0.2) is 18.5 Å². The van der Waals surface area contributed by atoms with Crippen molar-refractivity contribution in [1.29, 1.82) is 0 Å². The average Bonchev–Trinajstić information content (AvgIpc) is 2.33. The second-order valence-corrected chi connectivity index (χ2v) is 3.51. The highest BCUT2D eigenvalue weighted by Gasteiger charge is 1.93. The molecule has 18 heavy (non-hydrogen) atoms. The molecule has 1 aromatic carbocycles. The minimum atomic E-state index is -0.0726. The van der Waals surface area contributed by atoms with E-state index in [2.05, 4.69) is 41.2 Å². The molecule has 0 atom stereocenters. The van der Waals surface area contributed by atoms with Crippen molar-refractivity contribution in [3.05, 3.63) is 35.4 Å². The summed E-state index contributed by atoms with van der Waals surface area (Å²) < 4.78 is 0. The number of nitrogens with zero attached hydrogens (tertiary/aromatic N) is 2. The van der Waals surface area contributed by atoms with Crippen LogP contribution in [-0.2, 0) is 6.42 Å². The van der Waals surface area contributed by atoms with E-state index in [0.717, 1.165) is 6.42 Å². The summed E-state index contributed by atoms with van der Waals surface area (Å²) in [5.41, 5.74) is 18.2. The summed E-state index contributed by atoms with van der Waals surface area (Å²) in [6.45, 7) is 6.63. The normalized spacial score (nSPS) is 10.3. The highest BCUT2D eigenvalue weighted by atomic mass is 15.1. The molecule has 0 aromatic heterocycles. The molecule has 5 nitrogen and oxygen atoms in total. The molecular weight excluding hydrogens is 226 g/mol. The maximum absolute atomic E-state index is 5.47. The molecule has 0 amide bonds. The molecule has 0 aliphatic carbocycles. The van der Waals surface area contributed by atoms with Gasteiger partial charge in [0, 0.05) is 6.54 Å². The van der Waals surface area contributed by atoms with Gasteiger partial charge in [-0.3, -0.25) is 4.99 Å². The maximum atomic E-state index is 5.47. The first-order chi connectivity index (χ1) is 8.58. The SMILES string of the molecule is CC.Cc1ccc(CCN=C(N)N=C(N)N)cc1. The van der Waals surface area contributed by atoms with Crippen LogP contribution in [0.1, 0.15) is 25.0 Å². The van der Waals surface area contributed by atoms with Crippen molar-refractivity contribution in [2.45, 2.75) is 27.2 Å². The smallest absolute Gasteiger partial charge is 0.218 e. The van der Waals surface area contributed by atoms with E-state index in [0.29, 0.717) is 6.54 Å². The average molecular weight is 249 g/mol. The summed E-state index contributed by atoms with van der Waals surface area (Å²) in [7, 11) is 0. The monoisotopic (exact) mass is 249 g/mol. The Morgan fingerprint density at radius 3 is 2.11 bits per heavy atom. The van der Waals surface area contributed by atoms with E-state index < -0.39 is 0 Å². The molecule has 0 unspecified atom stereocenters. The van der Waals surface area contributed by atoms with Crippen LogP contribution in [0.25, 0.3) is 0 Å². The molecule has 1 rings (SSSR count). The molecule has 0 spiro atoms. The van der Waals surface area contributed by atoms with Crippen molar-refractivity contribution < 1.29 is 0 Å². The molecule has 0 saturated carbocycles. The number of hydrogen-bond acceptors (Lipinski definition) is 1. The zero-order valence-corrected chi connectivity index (χ0v) is 11.4. The Hall–Kier alpha value is -2.04. The molecule has 0 saturated heterocycles. The third-order valence-electron chi connectivity index (χ3n) is 2.04. The molecule has 5 heteroatoms. The minimum absolute atomic E-state index is 0.0726. The van der Waals surface area contributed by atoms with Gasteiger partial charge in [0.1, 0.15) is 0 Å². The van der Waals surface area contributed by atoms with E-state index in [1.807, 2.05) is 13.8 Å². The lowest BCUT2D eigenvalue weighted by atomic mass is 10.1. The van der Waals surface area contributed by atoms with Crippen LogP contribution in [0.4, 0.5) is 0 Å². The molecule has 0 fully saturated rings. The summed E-state index contributed by atoms with van der Waals surface area (Å²) in [4.78, 5) is 7.65. The van der Waals surface area contributed by atoms with Crippen molar-refractivity contribution in [3.8, 4) is 0 Å². The van der Waals surface area contributed by atoms with E-state index >= 15 is 0 Å². The summed E-state index contributed by atoms with van der Waals surface area (Å²) in [5, 5.41) is 0. The van der Waals surface area contributed by atoms with Crippen LogP contribution in [0.2, 0.25) is 0 Å². The number of rotatable bonds is 3. The number of nitrogens with two attached hydrogens (primary N) is 3. The fourth-order valence-corrected chi connectivity index (χ4v) is 1.22. The Labute approximate surface area is 109 Å². The summed E-state index contributed by atoms with van der Waals surface area (Å²) in [6.07, 6.45) is 0.820. The predicted octanol–water partition coefficient (Wildman–Crippen LogP) is 1.15. The van der Waals surface area contributed by atoms with Crippen molar-refractivity contribution >= 4 is 11.9 Å². The van der Waals surface area contributed by atoms with Crippen LogP contribution in [0, 0.1) is 6.92 Å². The minimum Gasteiger partial charge on any atom is -0.370 e. The van der Waals surface area contributed by atoms with Crippen LogP contribution in [0.15, 0.2) is 34.3 Å². The summed E-state index contributed by atoms with van der Waals surface area (Å²) in [5.74, 6) is 0.0451. The first-order valence-electron chi connectivity index (χ1n) is 6.03. The van der Waals surface area contributed by atoms with Gasteiger partial charge in [-0.15, -0.1) is 0 Å². The predicted molar refractivity (Wildman–Crippen MR) is 78.5 cm³/mol. The number of guanidine groups is 2. The number of hydrogen-bond donors (Lipinski definition) is 3. The number of aliphatic imine (C=N–C) groups is 2. The van der Waals surface area contributed by atoms with Gasteiger partial charge in [-0.05, 0) is 18.9 Å². The quantitative estimate of drug-likeness (QED) is 0.553. The van der Waals surface area contributed by atoms with Crippen LogP contribution in [0.5, 0.6) is 0 Å². The summed E-state index contributed by atoms with van der Waals surface area (Å²) >= 11 is 0. The van der Waals surface area contributed by atoms with Crippen molar-refractivity contribution in [1.82, 2.24) is 0 Å². The Morgan fingerprint density at radius 1 is 1.06 bits per heavy atom. The van der Waals surface area contributed by atoms with Crippen LogP contribution >= 0.6 is 0 Å². The molecule has 0 bridgehead atoms. The second kappa shape index (κ2) is 9.04. The van der Waals surface area contributed by atoms with E-state index in [1.165, 1.54) is 11.1 Å². The van der Waals surface area contributed by atoms with Crippen molar-refractivity contribution in [2.75, 3.05) is 6.54 Å². The second-order valence-electron chi connectivity index (χ2n) is 3.51. The first-order valence-corrected chi connectivity index (χ1v) is 6.03. The van der Waals surface area contributed by atoms with Gasteiger partial charge in [-0.1, -0.05) is 43.7 Å². The summed E-state index contributed by atoms with van der Waals surface area (Å²) in [6, 6.07) is 8.28. The Bertz CT molecular complexity index is 388. The lowest BCUT2D eigenvalue weighted by Gasteiger charge is -1.99. The topological polar surface area (TPSA) is 103 Å². The molecule has 0 heterocycles. The number of aryl methyl sites for hydroxylation is 1. The Kier molecular flexibility index (Phi) is 8.01. The Morgan fingerprint density at radius 2 is 1.61 bits per heavy atom. The first kappa shape index (κ1) is 16.0. The van der Waals surface area contributed by atoms with Crippen LogP contribution in [0.3, 0.4) is 0 Å². The Balaban J connectivity index is 0.00000137. The molecule has 6 N–H and O–H groups in total.